The molecule has 33 heavy (non-hydrogen) atoms. The Balaban J connectivity index is 1.40. The molecule has 2 aromatic heterocycles. The molecule has 0 radical (unpaired) electrons. The largest absolute Gasteiger partial charge is 0.416 e. The summed E-state index contributed by atoms with van der Waals surface area (Å²) in [5, 5.41) is 10.4. The molecule has 1 amide bonds. The number of nitrogen functional groups attached to an aromatic ring is 1. The second-order valence-corrected chi connectivity index (χ2v) is 8.34. The van der Waals surface area contributed by atoms with Crippen molar-refractivity contribution < 1.29 is 18.0 Å². The van der Waals surface area contributed by atoms with Gasteiger partial charge in [-0.25, -0.2) is 4.98 Å². The van der Waals surface area contributed by atoms with Crippen LogP contribution in [0.5, 0.6) is 0 Å². The van der Waals surface area contributed by atoms with Gasteiger partial charge >= 0.3 is 6.18 Å². The molecule has 1 fully saturated rings. The van der Waals surface area contributed by atoms with Gasteiger partial charge in [0, 0.05) is 11.4 Å². The third kappa shape index (κ3) is 3.69. The number of fused-ring (bicyclic) bond motifs is 1. The van der Waals surface area contributed by atoms with Crippen LogP contribution in [0.3, 0.4) is 0 Å². The first kappa shape index (κ1) is 21.0. The molecule has 5 rings (SSSR count). The SMILES string of the molecule is Cc1cc(-c2ccc(NC(=O)C3(c4cccc(C(F)(F)F)c4)CC3)cc2)c2c(N)n[nH]c2n1. The number of aryl methyl sites for hydroxylation is 1. The second-order valence-electron chi connectivity index (χ2n) is 8.34. The summed E-state index contributed by atoms with van der Waals surface area (Å²) in [5.74, 6) is 0.0393. The Labute approximate surface area is 187 Å². The highest BCUT2D eigenvalue weighted by Gasteiger charge is 2.51. The zero-order valence-electron chi connectivity index (χ0n) is 17.6. The number of halogens is 3. The van der Waals surface area contributed by atoms with Crippen LogP contribution in [0.15, 0.2) is 54.6 Å². The summed E-state index contributed by atoms with van der Waals surface area (Å²) >= 11 is 0. The van der Waals surface area contributed by atoms with E-state index < -0.39 is 17.2 Å². The molecule has 2 aromatic carbocycles. The lowest BCUT2D eigenvalue weighted by Crippen LogP contribution is -2.28. The summed E-state index contributed by atoms with van der Waals surface area (Å²) in [6.45, 7) is 1.87. The zero-order chi connectivity index (χ0) is 23.4. The Bertz CT molecular complexity index is 1370. The number of amides is 1. The van der Waals surface area contributed by atoms with E-state index >= 15 is 0 Å². The molecular formula is C24H20F3N5O. The summed E-state index contributed by atoms with van der Waals surface area (Å²) in [6, 6.07) is 14.1. The van der Waals surface area contributed by atoms with Gasteiger partial charge in [0.2, 0.25) is 5.91 Å². The number of hydrogen-bond acceptors (Lipinski definition) is 4. The number of aromatic amines is 1. The highest BCUT2D eigenvalue weighted by Crippen LogP contribution is 2.50. The summed E-state index contributed by atoms with van der Waals surface area (Å²) < 4.78 is 39.3. The number of carbonyl (C=O) groups is 1. The van der Waals surface area contributed by atoms with Crippen LogP contribution in [0, 0.1) is 6.92 Å². The molecular weight excluding hydrogens is 431 g/mol. The lowest BCUT2D eigenvalue weighted by atomic mass is 9.93. The molecule has 0 bridgehead atoms. The van der Waals surface area contributed by atoms with E-state index in [4.69, 9.17) is 5.73 Å². The summed E-state index contributed by atoms with van der Waals surface area (Å²) in [6.07, 6.45) is -3.44. The molecule has 0 aliphatic heterocycles. The first-order valence-corrected chi connectivity index (χ1v) is 10.4. The molecule has 4 N–H and O–H groups in total. The van der Waals surface area contributed by atoms with E-state index in [0.29, 0.717) is 35.6 Å². The molecule has 168 valence electrons. The van der Waals surface area contributed by atoms with Crippen molar-refractivity contribution in [2.75, 3.05) is 11.1 Å². The summed E-state index contributed by atoms with van der Waals surface area (Å²) in [5.41, 5.74) is 8.39. The van der Waals surface area contributed by atoms with Gasteiger partial charge in [0.15, 0.2) is 11.5 Å². The third-order valence-corrected chi connectivity index (χ3v) is 6.07. The second kappa shape index (κ2) is 7.33. The van der Waals surface area contributed by atoms with E-state index in [-0.39, 0.29) is 5.91 Å². The van der Waals surface area contributed by atoms with E-state index in [1.165, 1.54) is 6.07 Å². The van der Waals surface area contributed by atoms with Gasteiger partial charge in [-0.1, -0.05) is 30.3 Å². The standard InChI is InChI=1S/C24H20F3N5O/c1-13-11-18(19-20(28)31-32-21(19)29-13)14-5-7-17(8-6-14)30-22(33)23(9-10-23)15-3-2-4-16(12-15)24(25,26)27/h2-8,11-12H,9-10H2,1H3,(H,30,33)(H3,28,29,31,32). The Morgan fingerprint density at radius 3 is 2.52 bits per heavy atom. The number of pyridine rings is 1. The van der Waals surface area contributed by atoms with Gasteiger partial charge in [0.1, 0.15) is 0 Å². The zero-order valence-corrected chi connectivity index (χ0v) is 17.6. The average molecular weight is 451 g/mol. The van der Waals surface area contributed by atoms with Crippen LogP contribution in [0.1, 0.15) is 29.7 Å². The van der Waals surface area contributed by atoms with Crippen molar-refractivity contribution in [3.8, 4) is 11.1 Å². The fourth-order valence-electron chi connectivity index (χ4n) is 4.16. The van der Waals surface area contributed by atoms with Crippen LogP contribution in [-0.2, 0) is 16.4 Å². The third-order valence-electron chi connectivity index (χ3n) is 6.07. The fourth-order valence-corrected chi connectivity index (χ4v) is 4.16. The Morgan fingerprint density at radius 1 is 1.12 bits per heavy atom. The Morgan fingerprint density at radius 2 is 1.85 bits per heavy atom. The average Bonchev–Trinajstić information content (AvgIpc) is 3.52. The summed E-state index contributed by atoms with van der Waals surface area (Å²) in [7, 11) is 0. The number of alkyl halides is 3. The van der Waals surface area contributed by atoms with E-state index in [0.717, 1.165) is 34.3 Å². The van der Waals surface area contributed by atoms with Crippen LogP contribution in [0.2, 0.25) is 0 Å². The van der Waals surface area contributed by atoms with Crippen LogP contribution in [0.25, 0.3) is 22.2 Å². The number of benzene rings is 2. The number of hydrogen-bond donors (Lipinski definition) is 3. The Kier molecular flexibility index (Phi) is 4.66. The minimum Gasteiger partial charge on any atom is -0.382 e. The number of anilines is 2. The minimum atomic E-state index is -4.45. The van der Waals surface area contributed by atoms with Gasteiger partial charge in [0.05, 0.1) is 16.4 Å². The predicted octanol–water partition coefficient (Wildman–Crippen LogP) is 5.20. The molecule has 6 nitrogen and oxygen atoms in total. The van der Waals surface area contributed by atoms with E-state index in [9.17, 15) is 18.0 Å². The lowest BCUT2D eigenvalue weighted by molar-refractivity contribution is -0.137. The van der Waals surface area contributed by atoms with Crippen molar-refractivity contribution in [3.05, 3.63) is 71.4 Å². The quantitative estimate of drug-likeness (QED) is 0.397. The van der Waals surface area contributed by atoms with Gasteiger partial charge in [-0.2, -0.15) is 18.3 Å². The van der Waals surface area contributed by atoms with Crippen LogP contribution < -0.4 is 11.1 Å². The van der Waals surface area contributed by atoms with Gasteiger partial charge in [-0.3, -0.25) is 9.89 Å². The van der Waals surface area contributed by atoms with Gasteiger partial charge in [-0.15, -0.1) is 0 Å². The van der Waals surface area contributed by atoms with Crippen molar-refractivity contribution in [2.45, 2.75) is 31.4 Å². The maximum Gasteiger partial charge on any atom is 0.416 e. The first-order chi connectivity index (χ1) is 15.7. The molecule has 0 atom stereocenters. The number of rotatable bonds is 4. The number of nitrogens with zero attached hydrogens (tertiary/aromatic N) is 2. The minimum absolute atomic E-state index is 0.309. The molecule has 0 spiro atoms. The van der Waals surface area contributed by atoms with Crippen molar-refractivity contribution in [3.63, 3.8) is 0 Å². The van der Waals surface area contributed by atoms with E-state index in [2.05, 4.69) is 20.5 Å². The molecule has 4 aromatic rings. The number of H-pyrrole nitrogens is 1. The van der Waals surface area contributed by atoms with Gasteiger partial charge < -0.3 is 11.1 Å². The Hall–Kier alpha value is -3.88. The monoisotopic (exact) mass is 451 g/mol. The van der Waals surface area contributed by atoms with Gasteiger partial charge in [-0.05, 0) is 60.7 Å². The number of nitrogens with two attached hydrogens (primary N) is 1. The number of carbonyl (C=O) groups excluding carboxylic acids is 1. The molecule has 1 aliphatic carbocycles. The highest BCUT2D eigenvalue weighted by atomic mass is 19.4. The van der Waals surface area contributed by atoms with Crippen molar-refractivity contribution in [1.29, 1.82) is 0 Å². The molecule has 0 unspecified atom stereocenters. The van der Waals surface area contributed by atoms with E-state index in [1.54, 1.807) is 18.2 Å². The number of nitrogens with one attached hydrogen (secondary N) is 2. The first-order valence-electron chi connectivity index (χ1n) is 10.4. The van der Waals surface area contributed by atoms with Crippen LogP contribution in [0.4, 0.5) is 24.7 Å². The van der Waals surface area contributed by atoms with Crippen molar-refractivity contribution in [1.82, 2.24) is 15.2 Å². The van der Waals surface area contributed by atoms with Crippen LogP contribution >= 0.6 is 0 Å². The molecule has 1 saturated carbocycles. The van der Waals surface area contributed by atoms with Gasteiger partial charge in [0.25, 0.3) is 0 Å². The highest BCUT2D eigenvalue weighted by molar-refractivity contribution is 6.02. The van der Waals surface area contributed by atoms with Crippen molar-refractivity contribution >= 4 is 28.4 Å². The normalized spacial score (nSPS) is 14.9. The lowest BCUT2D eigenvalue weighted by Gasteiger charge is -2.18. The number of aromatic nitrogens is 3. The maximum atomic E-state index is 13.1. The van der Waals surface area contributed by atoms with E-state index in [1.807, 2.05) is 25.1 Å². The topological polar surface area (TPSA) is 96.7 Å². The van der Waals surface area contributed by atoms with Crippen molar-refractivity contribution in [2.24, 2.45) is 0 Å². The fraction of sp³-hybridized carbons (Fsp3) is 0.208. The predicted molar refractivity (Wildman–Crippen MR) is 119 cm³/mol. The summed E-state index contributed by atoms with van der Waals surface area (Å²) in [4.78, 5) is 17.4. The maximum absolute atomic E-state index is 13.1. The van der Waals surface area contributed by atoms with Crippen LogP contribution in [-0.4, -0.2) is 21.1 Å². The molecule has 1 aliphatic rings. The smallest absolute Gasteiger partial charge is 0.382 e. The molecule has 2 heterocycles. The molecule has 0 saturated heterocycles. The molecule has 9 heteroatoms.